The zero-order valence-corrected chi connectivity index (χ0v) is 18.5. The van der Waals surface area contributed by atoms with Gasteiger partial charge in [-0.15, -0.1) is 24.0 Å². The highest BCUT2D eigenvalue weighted by atomic mass is 127. The van der Waals surface area contributed by atoms with E-state index >= 15 is 0 Å². The van der Waals surface area contributed by atoms with Crippen LogP contribution in [0, 0.1) is 6.92 Å². The van der Waals surface area contributed by atoms with Crippen molar-refractivity contribution in [1.82, 2.24) is 15.1 Å². The van der Waals surface area contributed by atoms with Crippen molar-refractivity contribution in [2.45, 2.75) is 25.9 Å². The molecule has 1 aromatic rings. The molecule has 0 aliphatic carbocycles. The number of carbonyl (C=O) groups excluding carboxylic acids is 1. The molecule has 1 atom stereocenters. The van der Waals surface area contributed by atoms with Crippen LogP contribution >= 0.6 is 24.0 Å². The summed E-state index contributed by atoms with van der Waals surface area (Å²) in [4.78, 5) is 20.9. The highest BCUT2D eigenvalue weighted by Gasteiger charge is 2.30. The first-order valence-corrected chi connectivity index (χ1v) is 9.07. The lowest BCUT2D eigenvalue weighted by molar-refractivity contribution is 0.0195. The van der Waals surface area contributed by atoms with Crippen molar-refractivity contribution in [1.29, 1.82) is 0 Å². The number of esters is 1. The average molecular weight is 492 g/mol. The lowest BCUT2D eigenvalue weighted by atomic mass is 10.2. The molecular formula is C18H29IN4O4. The van der Waals surface area contributed by atoms with Crippen LogP contribution in [0.4, 0.5) is 0 Å². The minimum absolute atomic E-state index is 0. The van der Waals surface area contributed by atoms with Crippen LogP contribution in [-0.2, 0) is 16.0 Å². The van der Waals surface area contributed by atoms with E-state index in [4.69, 9.17) is 13.9 Å². The second kappa shape index (κ2) is 10.3. The smallest absolute Gasteiger partial charge is 0.341 e. The fraction of sp³-hybridized carbons (Fsp3) is 0.667. The highest BCUT2D eigenvalue weighted by Crippen LogP contribution is 2.18. The van der Waals surface area contributed by atoms with Crippen LogP contribution in [0.5, 0.6) is 0 Å². The Labute approximate surface area is 177 Å². The third-order valence-corrected chi connectivity index (χ3v) is 5.03. The fourth-order valence-electron chi connectivity index (χ4n) is 3.62. The number of rotatable bonds is 4. The van der Waals surface area contributed by atoms with E-state index in [1.807, 2.05) is 0 Å². The van der Waals surface area contributed by atoms with Gasteiger partial charge in [-0.25, -0.2) is 4.79 Å². The van der Waals surface area contributed by atoms with Crippen molar-refractivity contribution in [2.75, 3.05) is 53.6 Å². The number of nitrogens with one attached hydrogen (secondary N) is 1. The lowest BCUT2D eigenvalue weighted by Gasteiger charge is -2.32. The summed E-state index contributed by atoms with van der Waals surface area (Å²) < 4.78 is 15.9. The first kappa shape index (κ1) is 22.0. The molecule has 2 aliphatic heterocycles. The van der Waals surface area contributed by atoms with Gasteiger partial charge in [0.05, 0.1) is 26.9 Å². The first-order chi connectivity index (χ1) is 12.6. The molecule has 1 N–H and O–H groups in total. The van der Waals surface area contributed by atoms with E-state index < -0.39 is 0 Å². The predicted octanol–water partition coefficient (Wildman–Crippen LogP) is 1.47. The van der Waals surface area contributed by atoms with E-state index in [0.29, 0.717) is 29.7 Å². The van der Waals surface area contributed by atoms with Gasteiger partial charge in [0.15, 0.2) is 5.96 Å². The van der Waals surface area contributed by atoms with Crippen LogP contribution < -0.4 is 5.32 Å². The second-order valence-electron chi connectivity index (χ2n) is 6.61. The van der Waals surface area contributed by atoms with Crippen LogP contribution in [-0.4, -0.2) is 81.3 Å². The Bertz CT molecular complexity index is 658. The number of aryl methyl sites for hydroxylation is 1. The van der Waals surface area contributed by atoms with Crippen molar-refractivity contribution in [2.24, 2.45) is 4.99 Å². The van der Waals surface area contributed by atoms with Gasteiger partial charge in [-0.3, -0.25) is 9.89 Å². The van der Waals surface area contributed by atoms with Crippen LogP contribution in [0.15, 0.2) is 15.5 Å². The molecule has 3 heterocycles. The molecule has 9 heteroatoms. The predicted molar refractivity (Wildman–Crippen MR) is 113 cm³/mol. The molecule has 0 bridgehead atoms. The van der Waals surface area contributed by atoms with Gasteiger partial charge >= 0.3 is 5.97 Å². The van der Waals surface area contributed by atoms with Crippen LogP contribution in [0.2, 0.25) is 0 Å². The van der Waals surface area contributed by atoms with Crippen LogP contribution in [0.1, 0.15) is 28.3 Å². The summed E-state index contributed by atoms with van der Waals surface area (Å²) in [5, 5.41) is 3.34. The molecule has 3 rings (SSSR count). The Morgan fingerprint density at radius 3 is 2.78 bits per heavy atom. The maximum atomic E-state index is 11.7. The largest absolute Gasteiger partial charge is 0.465 e. The number of likely N-dealkylation sites (tertiary alicyclic amines) is 1. The molecular weight excluding hydrogens is 463 g/mol. The van der Waals surface area contributed by atoms with Gasteiger partial charge in [0.1, 0.15) is 17.1 Å². The molecule has 1 aromatic heterocycles. The van der Waals surface area contributed by atoms with E-state index in [9.17, 15) is 4.79 Å². The van der Waals surface area contributed by atoms with Crippen molar-refractivity contribution >= 4 is 35.9 Å². The van der Waals surface area contributed by atoms with Gasteiger partial charge < -0.3 is 24.1 Å². The topological polar surface area (TPSA) is 79.5 Å². The van der Waals surface area contributed by atoms with Crippen LogP contribution in [0.3, 0.4) is 0 Å². The van der Waals surface area contributed by atoms with Crippen molar-refractivity contribution < 1.29 is 18.7 Å². The number of furan rings is 1. The Morgan fingerprint density at radius 2 is 2.11 bits per heavy atom. The third-order valence-electron chi connectivity index (χ3n) is 5.03. The summed E-state index contributed by atoms with van der Waals surface area (Å²) in [5.74, 6) is 1.73. The number of hydrogen-bond donors (Lipinski definition) is 1. The standard InChI is InChI=1S/C18H28N4O4.HI/c1-13-16(17(23)24-3)10-15(26-13)11-20-18(19-2)22-5-4-14(12-22)21-6-8-25-9-7-21;/h10,14H,4-9,11-12H2,1-3H3,(H,19,20);1H. The first-order valence-electron chi connectivity index (χ1n) is 9.07. The summed E-state index contributed by atoms with van der Waals surface area (Å²) in [6.07, 6.45) is 1.13. The molecule has 0 aromatic carbocycles. The number of nitrogens with zero attached hydrogens (tertiary/aromatic N) is 3. The summed E-state index contributed by atoms with van der Waals surface area (Å²) in [5.41, 5.74) is 0.466. The SMILES string of the molecule is CN=C(NCc1cc(C(=O)OC)c(C)o1)N1CCC(N2CCOCC2)C1.I. The molecule has 1 unspecified atom stereocenters. The average Bonchev–Trinajstić information content (AvgIpc) is 3.30. The molecule has 27 heavy (non-hydrogen) atoms. The zero-order valence-electron chi connectivity index (χ0n) is 16.2. The van der Waals surface area contributed by atoms with Gasteiger partial charge in [-0.05, 0) is 19.4 Å². The molecule has 2 fully saturated rings. The quantitative estimate of drug-likeness (QED) is 0.295. The van der Waals surface area contributed by atoms with Gasteiger partial charge in [-0.1, -0.05) is 0 Å². The highest BCUT2D eigenvalue weighted by molar-refractivity contribution is 14.0. The summed E-state index contributed by atoms with van der Waals surface area (Å²) >= 11 is 0. The molecule has 0 spiro atoms. The zero-order chi connectivity index (χ0) is 18.5. The van der Waals surface area contributed by atoms with E-state index in [1.165, 1.54) is 7.11 Å². The Balaban J connectivity index is 0.00000261. The minimum atomic E-state index is -0.380. The van der Waals surface area contributed by atoms with Gasteiger partial charge in [0.2, 0.25) is 0 Å². The van der Waals surface area contributed by atoms with Crippen molar-refractivity contribution in [3.05, 3.63) is 23.2 Å². The van der Waals surface area contributed by atoms with Crippen molar-refractivity contribution in [3.63, 3.8) is 0 Å². The van der Waals surface area contributed by atoms with Gasteiger partial charge in [0, 0.05) is 39.3 Å². The summed E-state index contributed by atoms with van der Waals surface area (Å²) in [7, 11) is 3.16. The van der Waals surface area contributed by atoms with E-state index in [0.717, 1.165) is 51.8 Å². The van der Waals surface area contributed by atoms with Crippen LogP contribution in [0.25, 0.3) is 0 Å². The number of carbonyl (C=O) groups is 1. The molecule has 8 nitrogen and oxygen atoms in total. The maximum absolute atomic E-state index is 11.7. The molecule has 0 saturated carbocycles. The van der Waals surface area contributed by atoms with E-state index in [-0.39, 0.29) is 29.9 Å². The number of aliphatic imine (C=N–C) groups is 1. The number of guanidine groups is 1. The fourth-order valence-corrected chi connectivity index (χ4v) is 3.62. The molecule has 0 radical (unpaired) electrons. The Kier molecular flexibility index (Phi) is 8.36. The monoisotopic (exact) mass is 492 g/mol. The van der Waals surface area contributed by atoms with E-state index in [2.05, 4.69) is 20.1 Å². The minimum Gasteiger partial charge on any atom is -0.465 e. The molecule has 152 valence electrons. The number of morpholine rings is 1. The number of ether oxygens (including phenoxy) is 2. The van der Waals surface area contributed by atoms with Gasteiger partial charge in [-0.2, -0.15) is 0 Å². The maximum Gasteiger partial charge on any atom is 0.341 e. The number of hydrogen-bond acceptors (Lipinski definition) is 6. The van der Waals surface area contributed by atoms with Gasteiger partial charge in [0.25, 0.3) is 0 Å². The Morgan fingerprint density at radius 1 is 1.37 bits per heavy atom. The second-order valence-corrected chi connectivity index (χ2v) is 6.61. The normalized spacial score (nSPS) is 21.1. The third kappa shape index (κ3) is 5.35. The summed E-state index contributed by atoms with van der Waals surface area (Å²) in [6.45, 7) is 7.84. The number of halogens is 1. The molecule has 2 saturated heterocycles. The summed E-state index contributed by atoms with van der Waals surface area (Å²) in [6, 6.07) is 2.27. The lowest BCUT2D eigenvalue weighted by Crippen LogP contribution is -2.46. The molecule has 0 amide bonds. The van der Waals surface area contributed by atoms with E-state index in [1.54, 1.807) is 20.0 Å². The number of methoxy groups -OCH3 is 1. The Hall–Kier alpha value is -1.33. The van der Waals surface area contributed by atoms with Crippen molar-refractivity contribution in [3.8, 4) is 0 Å². The molecule has 2 aliphatic rings.